The molecule has 0 heterocycles. The Morgan fingerprint density at radius 3 is 2.50 bits per heavy atom. The van der Waals surface area contributed by atoms with Gasteiger partial charge in [0, 0.05) is 18.1 Å². The van der Waals surface area contributed by atoms with E-state index in [1.54, 1.807) is 0 Å². The van der Waals surface area contributed by atoms with Crippen LogP contribution in [0.15, 0.2) is 0 Å². The van der Waals surface area contributed by atoms with E-state index >= 15 is 0 Å². The minimum atomic E-state index is 0.377. The molecule has 0 aromatic carbocycles. The maximum Gasteiger partial charge on any atom is 0.0254 e. The minimum Gasteiger partial charge on any atom is -0.326 e. The van der Waals surface area contributed by atoms with E-state index in [9.17, 15) is 0 Å². The summed E-state index contributed by atoms with van der Waals surface area (Å²) >= 11 is 0. The lowest BCUT2D eigenvalue weighted by Crippen LogP contribution is -2.55. The summed E-state index contributed by atoms with van der Waals surface area (Å²) in [6.07, 6.45) is 4.95. The van der Waals surface area contributed by atoms with Gasteiger partial charge in [0.05, 0.1) is 0 Å². The van der Waals surface area contributed by atoms with Gasteiger partial charge in [-0.05, 0) is 51.5 Å². The number of nitrogens with two attached hydrogens (primary N) is 1. The predicted octanol–water partition coefficient (Wildman–Crippen LogP) is 3.01. The number of hydrogen-bond donors (Lipinski definition) is 1. The third-order valence-corrected chi connectivity index (χ3v) is 3.98. The highest BCUT2D eigenvalue weighted by atomic mass is 15.2. The van der Waals surface area contributed by atoms with Crippen LogP contribution in [-0.2, 0) is 0 Å². The Labute approximate surface area is 102 Å². The Morgan fingerprint density at radius 1 is 1.38 bits per heavy atom. The third kappa shape index (κ3) is 3.46. The monoisotopic (exact) mass is 226 g/mol. The molecule has 96 valence electrons. The van der Waals surface area contributed by atoms with Crippen LogP contribution in [0.25, 0.3) is 0 Å². The van der Waals surface area contributed by atoms with Gasteiger partial charge in [-0.2, -0.15) is 0 Å². The number of hydrogen-bond acceptors (Lipinski definition) is 2. The van der Waals surface area contributed by atoms with Crippen molar-refractivity contribution in [2.24, 2.45) is 11.1 Å². The summed E-state index contributed by atoms with van der Waals surface area (Å²) in [4.78, 5) is 2.62. The lowest BCUT2D eigenvalue weighted by molar-refractivity contribution is 0.0564. The number of nitrogens with zero attached hydrogens (tertiary/aromatic N) is 1. The molecule has 0 radical (unpaired) electrons. The molecule has 1 aliphatic carbocycles. The van der Waals surface area contributed by atoms with Crippen molar-refractivity contribution in [2.45, 2.75) is 78.4 Å². The third-order valence-electron chi connectivity index (χ3n) is 3.98. The van der Waals surface area contributed by atoms with Crippen LogP contribution in [0.2, 0.25) is 0 Å². The molecular weight excluding hydrogens is 196 g/mol. The van der Waals surface area contributed by atoms with Crippen LogP contribution in [0.3, 0.4) is 0 Å². The molecule has 0 aromatic rings. The van der Waals surface area contributed by atoms with E-state index in [4.69, 9.17) is 5.73 Å². The maximum absolute atomic E-state index is 6.33. The van der Waals surface area contributed by atoms with Gasteiger partial charge >= 0.3 is 0 Å². The molecule has 2 unspecified atom stereocenters. The van der Waals surface area contributed by atoms with Crippen LogP contribution in [0, 0.1) is 5.41 Å². The van der Waals surface area contributed by atoms with Gasteiger partial charge in [0.1, 0.15) is 0 Å². The maximum atomic E-state index is 6.33. The van der Waals surface area contributed by atoms with E-state index < -0.39 is 0 Å². The van der Waals surface area contributed by atoms with Gasteiger partial charge in [0.25, 0.3) is 0 Å². The van der Waals surface area contributed by atoms with E-state index in [2.05, 4.69) is 39.5 Å². The summed E-state index contributed by atoms with van der Waals surface area (Å²) in [6.45, 7) is 12.8. The van der Waals surface area contributed by atoms with Crippen molar-refractivity contribution < 1.29 is 0 Å². The lowest BCUT2D eigenvalue weighted by atomic mass is 9.72. The summed E-state index contributed by atoms with van der Waals surface area (Å²) in [6, 6.07) is 1.58. The zero-order valence-electron chi connectivity index (χ0n) is 11.8. The van der Waals surface area contributed by atoms with Crippen LogP contribution in [0.1, 0.15) is 60.3 Å². The van der Waals surface area contributed by atoms with E-state index in [0.29, 0.717) is 23.5 Å². The van der Waals surface area contributed by atoms with Gasteiger partial charge in [0.2, 0.25) is 0 Å². The van der Waals surface area contributed by atoms with E-state index in [1.807, 2.05) is 0 Å². The highest BCUT2D eigenvalue weighted by Gasteiger charge is 2.36. The molecule has 2 heteroatoms. The second-order valence-electron chi connectivity index (χ2n) is 6.47. The summed E-state index contributed by atoms with van der Waals surface area (Å²) in [5, 5.41) is 0. The van der Waals surface area contributed by atoms with E-state index in [1.165, 1.54) is 32.2 Å². The van der Waals surface area contributed by atoms with Gasteiger partial charge in [-0.25, -0.2) is 0 Å². The first-order valence-corrected chi connectivity index (χ1v) is 6.88. The van der Waals surface area contributed by atoms with E-state index in [0.717, 1.165) is 0 Å². The molecule has 2 N–H and O–H groups in total. The smallest absolute Gasteiger partial charge is 0.0254 e. The van der Waals surface area contributed by atoms with Crippen LogP contribution in [-0.4, -0.2) is 29.6 Å². The first-order valence-electron chi connectivity index (χ1n) is 6.88. The first-order chi connectivity index (χ1) is 7.37. The molecule has 0 saturated heterocycles. The normalized spacial score (nSPS) is 30.0. The first kappa shape index (κ1) is 14.0. The summed E-state index contributed by atoms with van der Waals surface area (Å²) in [5.41, 5.74) is 6.80. The molecule has 1 aliphatic rings. The molecule has 2 nitrogen and oxygen atoms in total. The highest BCUT2D eigenvalue weighted by molar-refractivity contribution is 4.93. The fourth-order valence-corrected chi connectivity index (χ4v) is 3.00. The second kappa shape index (κ2) is 5.50. The quantitative estimate of drug-likeness (QED) is 0.798. The van der Waals surface area contributed by atoms with Crippen LogP contribution >= 0.6 is 0 Å². The molecule has 1 saturated carbocycles. The van der Waals surface area contributed by atoms with Crippen molar-refractivity contribution in [2.75, 3.05) is 6.54 Å². The Balaban J connectivity index is 2.72. The average molecular weight is 226 g/mol. The van der Waals surface area contributed by atoms with Crippen molar-refractivity contribution >= 4 is 0 Å². The molecule has 16 heavy (non-hydrogen) atoms. The van der Waals surface area contributed by atoms with Gasteiger partial charge in [-0.15, -0.1) is 0 Å². The molecule has 0 aromatic heterocycles. The van der Waals surface area contributed by atoms with E-state index in [-0.39, 0.29) is 0 Å². The standard InChI is InChI=1S/C14H30N2/c1-6-9-16(11(2)3)13-10-14(4,5)8-7-12(13)15/h11-13H,6-10,15H2,1-5H3. The molecule has 1 fully saturated rings. The van der Waals surface area contributed by atoms with Gasteiger partial charge < -0.3 is 5.73 Å². The second-order valence-corrected chi connectivity index (χ2v) is 6.47. The van der Waals surface area contributed by atoms with Crippen molar-refractivity contribution in [1.29, 1.82) is 0 Å². The topological polar surface area (TPSA) is 29.3 Å². The summed E-state index contributed by atoms with van der Waals surface area (Å²) < 4.78 is 0. The zero-order valence-corrected chi connectivity index (χ0v) is 11.8. The Kier molecular flexibility index (Phi) is 4.81. The summed E-state index contributed by atoms with van der Waals surface area (Å²) in [7, 11) is 0. The zero-order chi connectivity index (χ0) is 12.3. The molecule has 2 atom stereocenters. The van der Waals surface area contributed by atoms with Gasteiger partial charge in [-0.1, -0.05) is 20.8 Å². The van der Waals surface area contributed by atoms with Gasteiger partial charge in [0.15, 0.2) is 0 Å². The number of rotatable bonds is 4. The molecule has 0 amide bonds. The molecule has 0 spiro atoms. The van der Waals surface area contributed by atoms with Crippen LogP contribution < -0.4 is 5.73 Å². The summed E-state index contributed by atoms with van der Waals surface area (Å²) in [5.74, 6) is 0. The largest absolute Gasteiger partial charge is 0.326 e. The lowest BCUT2D eigenvalue weighted by Gasteiger charge is -2.46. The average Bonchev–Trinajstić information content (AvgIpc) is 2.18. The SMILES string of the molecule is CCCN(C(C)C)C1CC(C)(C)CCC1N. The fourth-order valence-electron chi connectivity index (χ4n) is 3.00. The predicted molar refractivity (Wildman–Crippen MR) is 71.5 cm³/mol. The fraction of sp³-hybridized carbons (Fsp3) is 1.00. The highest BCUT2D eigenvalue weighted by Crippen LogP contribution is 2.37. The van der Waals surface area contributed by atoms with Crippen LogP contribution in [0.4, 0.5) is 0 Å². The molecule has 1 rings (SSSR count). The Morgan fingerprint density at radius 2 is 2.00 bits per heavy atom. The van der Waals surface area contributed by atoms with Crippen molar-refractivity contribution in [3.63, 3.8) is 0 Å². The minimum absolute atomic E-state index is 0.377. The molecule has 0 bridgehead atoms. The van der Waals surface area contributed by atoms with Crippen molar-refractivity contribution in [1.82, 2.24) is 4.90 Å². The molecule has 0 aliphatic heterocycles. The van der Waals surface area contributed by atoms with Crippen molar-refractivity contribution in [3.05, 3.63) is 0 Å². The van der Waals surface area contributed by atoms with Gasteiger partial charge in [-0.3, -0.25) is 4.90 Å². The molecular formula is C14H30N2. The Bertz CT molecular complexity index is 211. The van der Waals surface area contributed by atoms with Crippen LogP contribution in [0.5, 0.6) is 0 Å². The van der Waals surface area contributed by atoms with Crippen molar-refractivity contribution in [3.8, 4) is 0 Å². The Hall–Kier alpha value is -0.0800.